The molecule has 0 radical (unpaired) electrons. The van der Waals surface area contributed by atoms with Crippen LogP contribution in [0.25, 0.3) is 17.0 Å². The van der Waals surface area contributed by atoms with Crippen LogP contribution in [-0.2, 0) is 4.79 Å². The lowest BCUT2D eigenvalue weighted by Crippen LogP contribution is -2.27. The summed E-state index contributed by atoms with van der Waals surface area (Å²) in [5, 5.41) is 3.60. The van der Waals surface area contributed by atoms with Gasteiger partial charge < -0.3 is 14.5 Å². The topological polar surface area (TPSA) is 85.6 Å². The third-order valence-electron chi connectivity index (χ3n) is 3.81. The van der Waals surface area contributed by atoms with Gasteiger partial charge in [-0.3, -0.25) is 4.79 Å². The molecule has 142 valence electrons. The van der Waals surface area contributed by atoms with E-state index in [9.17, 15) is 14.4 Å². The highest BCUT2D eigenvalue weighted by molar-refractivity contribution is 6.32. The summed E-state index contributed by atoms with van der Waals surface area (Å²) >= 11 is 6.03. The average molecular weight is 398 g/mol. The van der Waals surface area contributed by atoms with E-state index in [-0.39, 0.29) is 16.9 Å². The fraction of sp³-hybridized carbons (Fsp3) is 0.0952. The lowest BCUT2D eigenvalue weighted by atomic mass is 10.1. The molecule has 0 saturated heterocycles. The second kappa shape index (κ2) is 8.54. The quantitative estimate of drug-likeness (QED) is 0.306. The molecule has 0 aliphatic heterocycles. The summed E-state index contributed by atoms with van der Waals surface area (Å²) in [7, 11) is 0. The molecule has 1 amide bonds. The first-order chi connectivity index (χ1) is 13.5. The Balaban J connectivity index is 1.80. The minimum Gasteiger partial charge on any atom is -0.423 e. The van der Waals surface area contributed by atoms with Crippen molar-refractivity contribution in [1.29, 1.82) is 0 Å². The molecule has 1 N–H and O–H groups in total. The van der Waals surface area contributed by atoms with E-state index in [2.05, 4.69) is 5.32 Å². The largest absolute Gasteiger partial charge is 0.423 e. The zero-order valence-electron chi connectivity index (χ0n) is 14.9. The van der Waals surface area contributed by atoms with Crippen LogP contribution in [-0.4, -0.2) is 18.4 Å². The van der Waals surface area contributed by atoms with E-state index in [1.54, 1.807) is 49.4 Å². The van der Waals surface area contributed by atoms with E-state index in [0.717, 1.165) is 0 Å². The first kappa shape index (κ1) is 19.4. The number of benzene rings is 2. The van der Waals surface area contributed by atoms with Crippen LogP contribution in [0.15, 0.2) is 63.8 Å². The van der Waals surface area contributed by atoms with Crippen LogP contribution < -0.4 is 15.7 Å². The first-order valence-corrected chi connectivity index (χ1v) is 8.86. The molecule has 0 atom stereocenters. The Hall–Kier alpha value is -3.38. The van der Waals surface area contributed by atoms with Crippen LogP contribution in [0.3, 0.4) is 0 Å². The Bertz CT molecular complexity index is 1130. The lowest BCUT2D eigenvalue weighted by Gasteiger charge is -2.05. The SMILES string of the molecule is CCNC(=O)c1cc2ccc(OC(=O)/C=C/c3ccccc3Cl)cc2oc1=O. The number of ether oxygens (including phenoxy) is 1. The zero-order chi connectivity index (χ0) is 20.1. The molecular weight excluding hydrogens is 382 g/mol. The predicted molar refractivity (Wildman–Crippen MR) is 107 cm³/mol. The number of carbonyl (C=O) groups is 2. The minimum atomic E-state index is -0.763. The standard InChI is InChI=1S/C21H16ClNO5/c1-2-23-20(25)16-11-14-7-9-15(12-18(14)28-21(16)26)27-19(24)10-8-13-5-3-4-6-17(13)22/h3-12H,2H2,1H3,(H,23,25)/b10-8+. The van der Waals surface area contributed by atoms with Crippen molar-refractivity contribution in [3.8, 4) is 5.75 Å². The normalized spacial score (nSPS) is 10.9. The third kappa shape index (κ3) is 4.47. The molecule has 28 heavy (non-hydrogen) atoms. The maximum Gasteiger partial charge on any atom is 0.349 e. The first-order valence-electron chi connectivity index (χ1n) is 8.48. The molecule has 7 heteroatoms. The molecule has 0 spiro atoms. The highest BCUT2D eigenvalue weighted by Crippen LogP contribution is 2.21. The van der Waals surface area contributed by atoms with Crippen LogP contribution in [0.4, 0.5) is 0 Å². The van der Waals surface area contributed by atoms with Crippen molar-refractivity contribution in [2.75, 3.05) is 6.54 Å². The Labute approximate surface area is 165 Å². The van der Waals surface area contributed by atoms with E-state index < -0.39 is 17.5 Å². The molecule has 0 aliphatic carbocycles. The van der Waals surface area contributed by atoms with Crippen molar-refractivity contribution in [1.82, 2.24) is 5.32 Å². The number of rotatable bonds is 5. The van der Waals surface area contributed by atoms with Gasteiger partial charge in [0.25, 0.3) is 5.91 Å². The van der Waals surface area contributed by atoms with Gasteiger partial charge in [0.1, 0.15) is 16.9 Å². The second-order valence-electron chi connectivity index (χ2n) is 5.78. The van der Waals surface area contributed by atoms with E-state index >= 15 is 0 Å². The fourth-order valence-corrected chi connectivity index (χ4v) is 2.69. The summed E-state index contributed by atoms with van der Waals surface area (Å²) < 4.78 is 10.4. The number of carbonyl (C=O) groups excluding carboxylic acids is 2. The Kier molecular flexibility index (Phi) is 5.91. The van der Waals surface area contributed by atoms with Crippen molar-refractivity contribution in [2.24, 2.45) is 0 Å². The highest BCUT2D eigenvalue weighted by Gasteiger charge is 2.13. The lowest BCUT2D eigenvalue weighted by molar-refractivity contribution is -0.128. The van der Waals surface area contributed by atoms with E-state index in [0.29, 0.717) is 22.5 Å². The number of nitrogens with one attached hydrogen (secondary N) is 1. The maximum absolute atomic E-state index is 12.0. The summed E-state index contributed by atoms with van der Waals surface area (Å²) in [4.78, 5) is 35.9. The minimum absolute atomic E-state index is 0.0817. The maximum atomic E-state index is 12.0. The molecule has 0 saturated carbocycles. The van der Waals surface area contributed by atoms with Gasteiger partial charge in [0, 0.05) is 29.1 Å². The van der Waals surface area contributed by atoms with Crippen molar-refractivity contribution >= 4 is 40.5 Å². The Morgan fingerprint density at radius 2 is 1.96 bits per heavy atom. The van der Waals surface area contributed by atoms with E-state index in [4.69, 9.17) is 20.8 Å². The number of amides is 1. The van der Waals surface area contributed by atoms with E-state index in [1.165, 1.54) is 18.2 Å². The van der Waals surface area contributed by atoms with Crippen molar-refractivity contribution in [3.63, 3.8) is 0 Å². The van der Waals surface area contributed by atoms with Crippen LogP contribution in [0.2, 0.25) is 5.02 Å². The van der Waals surface area contributed by atoms with Gasteiger partial charge in [-0.1, -0.05) is 29.8 Å². The monoisotopic (exact) mass is 397 g/mol. The van der Waals surface area contributed by atoms with Crippen molar-refractivity contribution < 1.29 is 18.7 Å². The summed E-state index contributed by atoms with van der Waals surface area (Å²) in [6.07, 6.45) is 2.80. The number of fused-ring (bicyclic) bond motifs is 1. The molecule has 0 fully saturated rings. The van der Waals surface area contributed by atoms with Gasteiger partial charge >= 0.3 is 11.6 Å². The molecule has 1 aromatic heterocycles. The Morgan fingerprint density at radius 3 is 2.71 bits per heavy atom. The summed E-state index contributed by atoms with van der Waals surface area (Å²) in [5.41, 5.74) is 0.0456. The molecule has 0 aliphatic rings. The average Bonchev–Trinajstić information content (AvgIpc) is 2.67. The Morgan fingerprint density at radius 1 is 1.18 bits per heavy atom. The summed E-state index contributed by atoms with van der Waals surface area (Å²) in [6.45, 7) is 2.15. The highest BCUT2D eigenvalue weighted by atomic mass is 35.5. The number of hydrogen-bond donors (Lipinski definition) is 1. The molecule has 2 aromatic carbocycles. The number of halogens is 1. The van der Waals surface area contributed by atoms with Crippen LogP contribution >= 0.6 is 11.6 Å². The molecule has 6 nitrogen and oxygen atoms in total. The molecule has 0 unspecified atom stereocenters. The molecule has 0 bridgehead atoms. The van der Waals surface area contributed by atoms with Gasteiger partial charge in [0.05, 0.1) is 0 Å². The summed E-state index contributed by atoms with van der Waals surface area (Å²) in [5.74, 6) is -0.908. The number of esters is 1. The van der Waals surface area contributed by atoms with Gasteiger partial charge in [-0.05, 0) is 42.8 Å². The van der Waals surface area contributed by atoms with E-state index in [1.807, 2.05) is 0 Å². The summed E-state index contributed by atoms with van der Waals surface area (Å²) in [6, 6.07) is 13.1. The van der Waals surface area contributed by atoms with Crippen molar-refractivity contribution in [2.45, 2.75) is 6.92 Å². The van der Waals surface area contributed by atoms with Crippen LogP contribution in [0, 0.1) is 0 Å². The smallest absolute Gasteiger partial charge is 0.349 e. The van der Waals surface area contributed by atoms with Gasteiger partial charge in [-0.2, -0.15) is 0 Å². The van der Waals surface area contributed by atoms with Crippen molar-refractivity contribution in [3.05, 3.63) is 81.2 Å². The fourth-order valence-electron chi connectivity index (χ4n) is 2.49. The number of hydrogen-bond acceptors (Lipinski definition) is 5. The second-order valence-corrected chi connectivity index (χ2v) is 6.19. The molecular formula is C21H16ClNO5. The zero-order valence-corrected chi connectivity index (χ0v) is 15.7. The molecule has 3 rings (SSSR count). The van der Waals surface area contributed by atoms with Gasteiger partial charge in [0.2, 0.25) is 0 Å². The molecule has 1 heterocycles. The van der Waals surface area contributed by atoms with Gasteiger partial charge in [0.15, 0.2) is 0 Å². The molecule has 3 aromatic rings. The van der Waals surface area contributed by atoms with Crippen LogP contribution in [0.5, 0.6) is 5.75 Å². The third-order valence-corrected chi connectivity index (χ3v) is 4.16. The van der Waals surface area contributed by atoms with Gasteiger partial charge in [-0.15, -0.1) is 0 Å². The van der Waals surface area contributed by atoms with Gasteiger partial charge in [-0.25, -0.2) is 9.59 Å². The predicted octanol–water partition coefficient (Wildman–Crippen LogP) is 3.81. The van der Waals surface area contributed by atoms with Crippen LogP contribution in [0.1, 0.15) is 22.8 Å².